The summed E-state index contributed by atoms with van der Waals surface area (Å²) in [7, 11) is 0. The van der Waals surface area contributed by atoms with Crippen LogP contribution in [0.15, 0.2) is 29.0 Å². The van der Waals surface area contributed by atoms with Gasteiger partial charge >= 0.3 is 6.18 Å². The molecule has 1 aliphatic rings. The number of pyridine rings is 1. The number of halogens is 3. The second-order valence-corrected chi connectivity index (χ2v) is 7.79. The van der Waals surface area contributed by atoms with Crippen molar-refractivity contribution in [3.05, 3.63) is 41.5 Å². The fraction of sp³-hybridized carbons (Fsp3) is 0.364. The van der Waals surface area contributed by atoms with E-state index in [1.54, 1.807) is 26.0 Å². The molecule has 0 spiro atoms. The number of nitrogens with two attached hydrogens (primary N) is 1. The average Bonchev–Trinajstić information content (AvgIpc) is 3.36. The number of hydrogen-bond acceptors (Lipinski definition) is 7. The van der Waals surface area contributed by atoms with Crippen molar-refractivity contribution < 1.29 is 17.7 Å². The van der Waals surface area contributed by atoms with Crippen LogP contribution in [-0.4, -0.2) is 38.2 Å². The van der Waals surface area contributed by atoms with E-state index in [2.05, 4.69) is 30.4 Å². The third kappa shape index (κ3) is 4.82. The maximum absolute atomic E-state index is 13.3. The number of hydrogen-bond donors (Lipinski definition) is 3. The molecule has 33 heavy (non-hydrogen) atoms. The number of aryl methyl sites for hydroxylation is 2. The number of rotatable bonds is 2. The number of H-pyrrole nitrogens is 1. The van der Waals surface area contributed by atoms with Gasteiger partial charge in [-0.3, -0.25) is 0 Å². The van der Waals surface area contributed by atoms with E-state index in [0.717, 1.165) is 5.56 Å². The molecular weight excluding hydrogens is 435 g/mol. The molecule has 5 heterocycles. The van der Waals surface area contributed by atoms with Crippen LogP contribution < -0.4 is 11.1 Å². The van der Waals surface area contributed by atoms with Crippen LogP contribution in [0.2, 0.25) is 0 Å². The van der Waals surface area contributed by atoms with Crippen LogP contribution in [0.3, 0.4) is 0 Å². The van der Waals surface area contributed by atoms with Crippen molar-refractivity contribution in [2.75, 3.05) is 18.8 Å². The molecule has 0 aromatic carbocycles. The van der Waals surface area contributed by atoms with Crippen LogP contribution in [0, 0.1) is 13.8 Å². The van der Waals surface area contributed by atoms with Gasteiger partial charge in [-0.2, -0.15) is 13.2 Å². The standard InChI is InChI=1S/C17H13F3N6O.C5H11N/c1-7-13(8(2)27-26-7)12-4-3-9-10(5-22-15(9)24-12)14-11(17(18,19)20)6-23-16(21)25-14;1-2-4-6-5-3-1/h3-6H,1-2H3,(H,22,24)(H2,21,23,25);6H,1-5H2. The van der Waals surface area contributed by atoms with Crippen LogP contribution >= 0.6 is 0 Å². The fourth-order valence-corrected chi connectivity index (χ4v) is 3.80. The van der Waals surface area contributed by atoms with Crippen molar-refractivity contribution in [1.29, 1.82) is 0 Å². The summed E-state index contributed by atoms with van der Waals surface area (Å²) in [6.07, 6.45) is 1.71. The molecule has 11 heteroatoms. The van der Waals surface area contributed by atoms with E-state index in [-0.39, 0.29) is 17.2 Å². The van der Waals surface area contributed by atoms with Crippen LogP contribution in [0.25, 0.3) is 33.5 Å². The number of fused-ring (bicyclic) bond motifs is 1. The zero-order valence-corrected chi connectivity index (χ0v) is 18.3. The first-order chi connectivity index (χ1) is 15.8. The Labute approximate surface area is 187 Å². The third-order valence-electron chi connectivity index (χ3n) is 5.40. The van der Waals surface area contributed by atoms with E-state index in [0.29, 0.717) is 34.4 Å². The van der Waals surface area contributed by atoms with Gasteiger partial charge in [0.2, 0.25) is 5.95 Å². The van der Waals surface area contributed by atoms with Crippen LogP contribution in [0.5, 0.6) is 0 Å². The summed E-state index contributed by atoms with van der Waals surface area (Å²) >= 11 is 0. The Kier molecular flexibility index (Phi) is 6.32. The van der Waals surface area contributed by atoms with E-state index in [4.69, 9.17) is 10.3 Å². The van der Waals surface area contributed by atoms with E-state index in [9.17, 15) is 13.2 Å². The third-order valence-corrected chi connectivity index (χ3v) is 5.40. The minimum Gasteiger partial charge on any atom is -0.368 e. The highest BCUT2D eigenvalue weighted by atomic mass is 19.4. The number of alkyl halides is 3. The monoisotopic (exact) mass is 459 g/mol. The Balaban J connectivity index is 0.000000376. The lowest BCUT2D eigenvalue weighted by atomic mass is 10.1. The highest BCUT2D eigenvalue weighted by Crippen LogP contribution is 2.38. The largest absolute Gasteiger partial charge is 0.419 e. The first kappa shape index (κ1) is 22.7. The zero-order chi connectivity index (χ0) is 23.6. The smallest absolute Gasteiger partial charge is 0.368 e. The molecule has 1 fully saturated rings. The molecule has 1 saturated heterocycles. The lowest BCUT2D eigenvalue weighted by Gasteiger charge is -2.11. The molecular formula is C22H24F3N7O. The van der Waals surface area contributed by atoms with Gasteiger partial charge in [0.1, 0.15) is 17.0 Å². The van der Waals surface area contributed by atoms with Crippen molar-refractivity contribution in [2.24, 2.45) is 0 Å². The summed E-state index contributed by atoms with van der Waals surface area (Å²) in [5, 5.41) is 7.66. The normalized spacial score (nSPS) is 14.2. The lowest BCUT2D eigenvalue weighted by molar-refractivity contribution is -0.137. The number of nitrogens with one attached hydrogen (secondary N) is 2. The van der Waals surface area contributed by atoms with Gasteiger partial charge < -0.3 is 20.6 Å². The molecule has 0 aliphatic carbocycles. The molecule has 1 aliphatic heterocycles. The minimum atomic E-state index is -4.61. The van der Waals surface area contributed by atoms with Gasteiger partial charge in [0.15, 0.2) is 0 Å². The lowest BCUT2D eigenvalue weighted by Crippen LogP contribution is -2.21. The SMILES string of the molecule is C1CCNCC1.Cc1noc(C)c1-c1ccc2c(-c3nc(N)ncc3C(F)(F)F)c[nH]c2n1. The van der Waals surface area contributed by atoms with Gasteiger partial charge in [0.05, 0.1) is 22.6 Å². The molecule has 174 valence electrons. The van der Waals surface area contributed by atoms with Crippen molar-refractivity contribution in [3.8, 4) is 22.5 Å². The highest BCUT2D eigenvalue weighted by molar-refractivity contribution is 5.94. The fourth-order valence-electron chi connectivity index (χ4n) is 3.80. The molecule has 4 N–H and O–H groups in total. The molecule has 0 bridgehead atoms. The van der Waals surface area contributed by atoms with Gasteiger partial charge in [0, 0.05) is 23.3 Å². The van der Waals surface area contributed by atoms with E-state index in [1.807, 2.05) is 0 Å². The molecule has 4 aromatic rings. The Morgan fingerprint density at radius 1 is 1.06 bits per heavy atom. The van der Waals surface area contributed by atoms with Gasteiger partial charge in [-0.1, -0.05) is 11.6 Å². The maximum atomic E-state index is 13.3. The maximum Gasteiger partial charge on any atom is 0.419 e. The predicted octanol–water partition coefficient (Wildman–Crippen LogP) is 4.65. The summed E-state index contributed by atoms with van der Waals surface area (Å²) in [5.41, 5.74) is 6.92. The average molecular weight is 459 g/mol. The second-order valence-electron chi connectivity index (χ2n) is 7.79. The summed E-state index contributed by atoms with van der Waals surface area (Å²) in [6.45, 7) is 6.05. The van der Waals surface area contributed by atoms with E-state index >= 15 is 0 Å². The number of nitrogens with zero attached hydrogens (tertiary/aromatic N) is 4. The Morgan fingerprint density at radius 2 is 1.82 bits per heavy atom. The molecule has 0 radical (unpaired) electrons. The molecule has 4 aromatic heterocycles. The number of aromatic amines is 1. The van der Waals surface area contributed by atoms with Gasteiger partial charge in [0.25, 0.3) is 0 Å². The van der Waals surface area contributed by atoms with E-state index < -0.39 is 11.7 Å². The topological polar surface area (TPSA) is 119 Å². The summed E-state index contributed by atoms with van der Waals surface area (Å²) in [6, 6.07) is 3.37. The van der Waals surface area contributed by atoms with Crippen LogP contribution in [0.4, 0.5) is 19.1 Å². The molecule has 0 unspecified atom stereocenters. The number of piperidine rings is 1. The van der Waals surface area contributed by atoms with E-state index in [1.165, 1.54) is 38.5 Å². The summed E-state index contributed by atoms with van der Waals surface area (Å²) < 4.78 is 45.2. The van der Waals surface area contributed by atoms with Crippen molar-refractivity contribution in [1.82, 2.24) is 30.4 Å². The summed E-state index contributed by atoms with van der Waals surface area (Å²) in [4.78, 5) is 14.7. The molecule has 0 atom stereocenters. The van der Waals surface area contributed by atoms with Crippen molar-refractivity contribution >= 4 is 17.0 Å². The number of nitrogen functional groups attached to an aromatic ring is 1. The first-order valence-electron chi connectivity index (χ1n) is 10.6. The van der Waals surface area contributed by atoms with Gasteiger partial charge in [-0.15, -0.1) is 0 Å². The molecule has 5 rings (SSSR count). The molecule has 8 nitrogen and oxygen atoms in total. The Morgan fingerprint density at radius 3 is 2.39 bits per heavy atom. The minimum absolute atomic E-state index is 0.240. The quantitative estimate of drug-likeness (QED) is 0.399. The number of anilines is 1. The Bertz CT molecular complexity index is 1230. The van der Waals surface area contributed by atoms with Crippen LogP contribution in [0.1, 0.15) is 36.3 Å². The van der Waals surface area contributed by atoms with Crippen LogP contribution in [-0.2, 0) is 6.18 Å². The predicted molar refractivity (Wildman–Crippen MR) is 118 cm³/mol. The van der Waals surface area contributed by atoms with Crippen molar-refractivity contribution in [3.63, 3.8) is 0 Å². The molecule has 0 saturated carbocycles. The van der Waals surface area contributed by atoms with Gasteiger partial charge in [-0.05, 0) is 51.9 Å². The highest BCUT2D eigenvalue weighted by Gasteiger charge is 2.36. The number of aromatic nitrogens is 5. The van der Waals surface area contributed by atoms with Crippen molar-refractivity contribution in [2.45, 2.75) is 39.3 Å². The van der Waals surface area contributed by atoms with Gasteiger partial charge in [-0.25, -0.2) is 15.0 Å². The summed E-state index contributed by atoms with van der Waals surface area (Å²) in [5.74, 6) is 0.363. The first-order valence-corrected chi connectivity index (χ1v) is 10.6. The zero-order valence-electron chi connectivity index (χ0n) is 18.3. The Hall–Kier alpha value is -3.47. The molecule has 0 amide bonds. The second kappa shape index (κ2) is 9.18.